The van der Waals surface area contributed by atoms with Gasteiger partial charge in [-0.1, -0.05) is 38.1 Å². The number of nitrogens with one attached hydrogen (secondary N) is 1. The highest BCUT2D eigenvalue weighted by Gasteiger charge is 2.62. The van der Waals surface area contributed by atoms with Crippen LogP contribution in [0.25, 0.3) is 0 Å². The number of rotatable bonds is 7. The Morgan fingerprint density at radius 2 is 1.92 bits per heavy atom. The first-order valence-corrected chi connectivity index (χ1v) is 8.62. The van der Waals surface area contributed by atoms with E-state index in [-0.39, 0.29) is 42.2 Å². The Hall–Kier alpha value is -0.850. The second-order valence-electron chi connectivity index (χ2n) is 7.58. The molecule has 150 valence electrons. The van der Waals surface area contributed by atoms with Gasteiger partial charge in [-0.2, -0.15) is 0 Å². The number of carbonyl (C=O) groups excluding carboxylic acids is 1. The molecule has 1 aromatic rings. The summed E-state index contributed by atoms with van der Waals surface area (Å²) in [5, 5.41) is 3.01. The second kappa shape index (κ2) is 9.90. The molecule has 1 amide bonds. The number of benzene rings is 1. The quantitative estimate of drug-likeness (QED) is 0.731. The van der Waals surface area contributed by atoms with Crippen molar-refractivity contribution < 1.29 is 9.53 Å². The molecule has 7 heteroatoms. The van der Waals surface area contributed by atoms with Crippen molar-refractivity contribution in [2.75, 3.05) is 20.7 Å². The molecule has 0 spiro atoms. The molecule has 1 aliphatic carbocycles. The molecular weight excluding hydrogens is 373 g/mol. The van der Waals surface area contributed by atoms with E-state index in [4.69, 9.17) is 10.5 Å². The predicted octanol–water partition coefficient (Wildman–Crippen LogP) is 2.74. The molecule has 1 fully saturated rings. The second-order valence-corrected chi connectivity index (χ2v) is 7.58. The van der Waals surface area contributed by atoms with Crippen molar-refractivity contribution in [3.63, 3.8) is 0 Å². The smallest absolute Gasteiger partial charge is 0.241 e. The van der Waals surface area contributed by atoms with Gasteiger partial charge in [0.2, 0.25) is 5.91 Å². The Morgan fingerprint density at radius 3 is 2.46 bits per heavy atom. The van der Waals surface area contributed by atoms with Gasteiger partial charge in [0.1, 0.15) is 5.54 Å². The molecule has 0 aliphatic heterocycles. The first kappa shape index (κ1) is 25.1. The number of nitrogens with zero attached hydrogens (tertiary/aromatic N) is 1. The summed E-state index contributed by atoms with van der Waals surface area (Å²) in [5.74, 6) is -0.0959. The Bertz CT molecular complexity index is 596. The maximum absolute atomic E-state index is 12.6. The van der Waals surface area contributed by atoms with Gasteiger partial charge in [-0.25, -0.2) is 0 Å². The number of hydrogen-bond acceptors (Lipinski definition) is 4. The minimum absolute atomic E-state index is 0. The van der Waals surface area contributed by atoms with Crippen molar-refractivity contribution in [1.29, 1.82) is 0 Å². The van der Waals surface area contributed by atoms with Crippen LogP contribution in [-0.4, -0.2) is 43.2 Å². The first-order chi connectivity index (χ1) is 11.2. The topological polar surface area (TPSA) is 67.6 Å². The minimum atomic E-state index is -0.867. The van der Waals surface area contributed by atoms with Crippen molar-refractivity contribution in [3.05, 3.63) is 35.4 Å². The molecule has 0 aromatic heterocycles. The highest BCUT2D eigenvalue weighted by atomic mass is 35.5. The van der Waals surface area contributed by atoms with E-state index >= 15 is 0 Å². The first-order valence-electron chi connectivity index (χ1n) is 8.62. The molecular formula is C19H33Cl2N3O2. The average Bonchev–Trinajstić information content (AvgIpc) is 2.52. The summed E-state index contributed by atoms with van der Waals surface area (Å²) >= 11 is 0. The van der Waals surface area contributed by atoms with Crippen LogP contribution in [0.4, 0.5) is 0 Å². The molecule has 0 radical (unpaired) electrons. The molecule has 3 N–H and O–H groups in total. The van der Waals surface area contributed by atoms with Crippen LogP contribution in [0.5, 0.6) is 0 Å². The van der Waals surface area contributed by atoms with Crippen LogP contribution in [-0.2, 0) is 22.6 Å². The normalized spacial score (nSPS) is 23.4. The van der Waals surface area contributed by atoms with Gasteiger partial charge in [0.25, 0.3) is 0 Å². The molecule has 26 heavy (non-hydrogen) atoms. The summed E-state index contributed by atoms with van der Waals surface area (Å²) in [5.41, 5.74) is 7.50. The number of ether oxygens (including phenoxy) is 1. The summed E-state index contributed by atoms with van der Waals surface area (Å²) in [6.07, 6.45) is 0.613. The van der Waals surface area contributed by atoms with Gasteiger partial charge >= 0.3 is 0 Å². The Kier molecular flexibility index (Phi) is 9.58. The maximum Gasteiger partial charge on any atom is 0.241 e. The molecule has 2 unspecified atom stereocenters. The molecule has 0 saturated heterocycles. The van der Waals surface area contributed by atoms with Gasteiger partial charge in [-0.15, -0.1) is 24.8 Å². The number of halogens is 2. The summed E-state index contributed by atoms with van der Waals surface area (Å²) in [6, 6.07) is 8.27. The van der Waals surface area contributed by atoms with Gasteiger partial charge in [0.05, 0.1) is 6.10 Å². The third-order valence-corrected chi connectivity index (χ3v) is 5.18. The van der Waals surface area contributed by atoms with E-state index in [1.54, 1.807) is 0 Å². The molecule has 1 saturated carbocycles. The minimum Gasteiger partial charge on any atom is -0.378 e. The molecule has 2 atom stereocenters. The SMILES string of the molecule is CCOC1CC(N)(C(=O)NCc2cccc(CN(C)C)c2)C1(C)C.Cl.Cl. The Labute approximate surface area is 169 Å². The van der Waals surface area contributed by atoms with Gasteiger partial charge < -0.3 is 20.7 Å². The van der Waals surface area contributed by atoms with Crippen LogP contribution in [0.2, 0.25) is 0 Å². The number of nitrogens with two attached hydrogens (primary N) is 1. The molecule has 5 nitrogen and oxygen atoms in total. The monoisotopic (exact) mass is 405 g/mol. The third-order valence-electron chi connectivity index (χ3n) is 5.18. The van der Waals surface area contributed by atoms with E-state index in [0.29, 0.717) is 19.6 Å². The molecule has 1 aromatic carbocycles. The van der Waals surface area contributed by atoms with E-state index in [1.165, 1.54) is 5.56 Å². The zero-order chi connectivity index (χ0) is 18.0. The van der Waals surface area contributed by atoms with E-state index in [2.05, 4.69) is 22.3 Å². The molecule has 2 rings (SSSR count). The third kappa shape index (κ3) is 5.11. The fraction of sp³-hybridized carbons (Fsp3) is 0.632. The van der Waals surface area contributed by atoms with Gasteiger partial charge in [-0.3, -0.25) is 4.79 Å². The van der Waals surface area contributed by atoms with Crippen molar-refractivity contribution in [3.8, 4) is 0 Å². The van der Waals surface area contributed by atoms with Crippen LogP contribution in [0.3, 0.4) is 0 Å². The highest BCUT2D eigenvalue weighted by molar-refractivity contribution is 5.88. The summed E-state index contributed by atoms with van der Waals surface area (Å²) in [6.45, 7) is 8.00. The fourth-order valence-electron chi connectivity index (χ4n) is 3.36. The summed E-state index contributed by atoms with van der Waals surface area (Å²) in [4.78, 5) is 14.8. The summed E-state index contributed by atoms with van der Waals surface area (Å²) < 4.78 is 5.69. The van der Waals surface area contributed by atoms with E-state index < -0.39 is 5.54 Å². The van der Waals surface area contributed by atoms with Crippen molar-refractivity contribution in [2.24, 2.45) is 11.1 Å². The lowest BCUT2D eigenvalue weighted by molar-refractivity contribution is -0.170. The van der Waals surface area contributed by atoms with Gasteiger partial charge in [-0.05, 0) is 32.1 Å². The van der Waals surface area contributed by atoms with E-state index in [9.17, 15) is 4.79 Å². The zero-order valence-corrected chi connectivity index (χ0v) is 18.0. The van der Waals surface area contributed by atoms with Crippen LogP contribution >= 0.6 is 24.8 Å². The Balaban J connectivity index is 0.00000312. The molecule has 0 bridgehead atoms. The lowest BCUT2D eigenvalue weighted by Gasteiger charge is -2.57. The molecule has 1 aliphatic rings. The average molecular weight is 406 g/mol. The Morgan fingerprint density at radius 1 is 1.31 bits per heavy atom. The zero-order valence-electron chi connectivity index (χ0n) is 16.4. The van der Waals surface area contributed by atoms with Crippen molar-refractivity contribution in [2.45, 2.75) is 51.9 Å². The van der Waals surface area contributed by atoms with Crippen LogP contribution < -0.4 is 11.1 Å². The maximum atomic E-state index is 12.6. The molecule has 0 heterocycles. The predicted molar refractivity (Wildman–Crippen MR) is 111 cm³/mol. The largest absolute Gasteiger partial charge is 0.378 e. The van der Waals surface area contributed by atoms with Crippen LogP contribution in [0, 0.1) is 5.41 Å². The van der Waals surface area contributed by atoms with E-state index in [0.717, 1.165) is 12.1 Å². The van der Waals surface area contributed by atoms with Crippen molar-refractivity contribution in [1.82, 2.24) is 10.2 Å². The van der Waals surface area contributed by atoms with Gasteiger partial charge in [0.15, 0.2) is 0 Å². The number of carbonyl (C=O) groups is 1. The lowest BCUT2D eigenvalue weighted by Crippen LogP contribution is -2.75. The van der Waals surface area contributed by atoms with Crippen LogP contribution in [0.15, 0.2) is 24.3 Å². The summed E-state index contributed by atoms with van der Waals surface area (Å²) in [7, 11) is 4.08. The number of amides is 1. The van der Waals surface area contributed by atoms with Crippen LogP contribution in [0.1, 0.15) is 38.3 Å². The fourth-order valence-corrected chi connectivity index (χ4v) is 3.36. The van der Waals surface area contributed by atoms with E-state index in [1.807, 2.05) is 47.0 Å². The standard InChI is InChI=1S/C19H31N3O2.2ClH/c1-6-24-16-11-19(20,18(16,2)3)17(23)21-12-14-8-7-9-15(10-14)13-22(4)5;;/h7-10,16H,6,11-13,20H2,1-5H3,(H,21,23);2*1H. The van der Waals surface area contributed by atoms with Crippen molar-refractivity contribution >= 4 is 30.7 Å². The van der Waals surface area contributed by atoms with Gasteiger partial charge in [0, 0.05) is 31.5 Å². The lowest BCUT2D eigenvalue weighted by atomic mass is 9.54. The number of hydrogen-bond donors (Lipinski definition) is 2. The highest BCUT2D eigenvalue weighted by Crippen LogP contribution is 2.49.